The minimum atomic E-state index is -0.254. The Labute approximate surface area is 123 Å². The standard InChI is InChI=1S/C16H20FN3O/c1-16(11-21,13-2-3-13)18-8-12-9-19-20(10-12)15-6-4-14(17)5-7-15/h4-7,9-10,13,18,21H,2-3,8,11H2,1H3. The molecule has 0 amide bonds. The number of aromatic nitrogens is 2. The molecule has 5 heteroatoms. The first-order valence-electron chi connectivity index (χ1n) is 7.26. The van der Waals surface area contributed by atoms with E-state index in [0.717, 1.165) is 11.3 Å². The molecule has 0 bridgehead atoms. The Kier molecular flexibility index (Phi) is 3.78. The quantitative estimate of drug-likeness (QED) is 0.857. The average molecular weight is 289 g/mol. The Morgan fingerprint density at radius 1 is 1.38 bits per heavy atom. The summed E-state index contributed by atoms with van der Waals surface area (Å²) in [6, 6.07) is 6.23. The summed E-state index contributed by atoms with van der Waals surface area (Å²) in [5, 5.41) is 17.3. The van der Waals surface area contributed by atoms with Gasteiger partial charge in [0, 0.05) is 23.8 Å². The molecule has 0 spiro atoms. The van der Waals surface area contributed by atoms with Gasteiger partial charge in [0.05, 0.1) is 18.5 Å². The number of benzene rings is 1. The van der Waals surface area contributed by atoms with Crippen molar-refractivity contribution in [1.82, 2.24) is 15.1 Å². The van der Waals surface area contributed by atoms with E-state index in [9.17, 15) is 9.50 Å². The van der Waals surface area contributed by atoms with E-state index in [1.54, 1.807) is 23.0 Å². The fourth-order valence-corrected chi connectivity index (χ4v) is 2.54. The Morgan fingerprint density at radius 2 is 2.10 bits per heavy atom. The highest BCUT2D eigenvalue weighted by Gasteiger charge is 2.40. The summed E-state index contributed by atoms with van der Waals surface area (Å²) in [5.74, 6) is 0.311. The Hall–Kier alpha value is -1.72. The van der Waals surface area contributed by atoms with Crippen molar-refractivity contribution in [1.29, 1.82) is 0 Å². The van der Waals surface area contributed by atoms with E-state index in [-0.39, 0.29) is 18.0 Å². The summed E-state index contributed by atoms with van der Waals surface area (Å²) in [4.78, 5) is 0. The van der Waals surface area contributed by atoms with Gasteiger partial charge in [-0.2, -0.15) is 5.10 Å². The Morgan fingerprint density at radius 3 is 2.71 bits per heavy atom. The molecule has 0 saturated heterocycles. The summed E-state index contributed by atoms with van der Waals surface area (Å²) in [7, 11) is 0. The van der Waals surface area contributed by atoms with Crippen LogP contribution in [0, 0.1) is 11.7 Å². The molecule has 4 nitrogen and oxygen atoms in total. The molecule has 1 aromatic carbocycles. The number of nitrogens with zero attached hydrogens (tertiary/aromatic N) is 2. The predicted molar refractivity (Wildman–Crippen MR) is 78.6 cm³/mol. The molecular formula is C16H20FN3O. The van der Waals surface area contributed by atoms with Gasteiger partial charge in [0.15, 0.2) is 0 Å². The van der Waals surface area contributed by atoms with Crippen LogP contribution in [0.2, 0.25) is 0 Å². The molecule has 1 saturated carbocycles. The second-order valence-electron chi connectivity index (χ2n) is 5.97. The predicted octanol–water partition coefficient (Wildman–Crippen LogP) is 2.26. The number of aliphatic hydroxyl groups excluding tert-OH is 1. The van der Waals surface area contributed by atoms with Crippen molar-refractivity contribution in [2.24, 2.45) is 5.92 Å². The van der Waals surface area contributed by atoms with Crippen molar-refractivity contribution in [2.45, 2.75) is 31.8 Å². The maximum absolute atomic E-state index is 12.9. The number of rotatable bonds is 6. The number of hydrogen-bond acceptors (Lipinski definition) is 3. The molecule has 1 aliphatic rings. The van der Waals surface area contributed by atoms with Crippen LogP contribution in [0.1, 0.15) is 25.3 Å². The summed E-state index contributed by atoms with van der Waals surface area (Å²) in [6.07, 6.45) is 6.07. The van der Waals surface area contributed by atoms with E-state index >= 15 is 0 Å². The minimum Gasteiger partial charge on any atom is -0.394 e. The molecule has 3 rings (SSSR count). The van der Waals surface area contributed by atoms with Crippen LogP contribution in [0.15, 0.2) is 36.7 Å². The van der Waals surface area contributed by atoms with E-state index < -0.39 is 0 Å². The summed E-state index contributed by atoms with van der Waals surface area (Å²) in [5.41, 5.74) is 1.66. The van der Waals surface area contributed by atoms with E-state index in [1.807, 2.05) is 6.20 Å². The van der Waals surface area contributed by atoms with Crippen LogP contribution in [-0.2, 0) is 6.54 Å². The van der Waals surface area contributed by atoms with Gasteiger partial charge in [-0.25, -0.2) is 9.07 Å². The third-order valence-corrected chi connectivity index (χ3v) is 4.23. The molecule has 2 aromatic rings. The van der Waals surface area contributed by atoms with Gasteiger partial charge >= 0.3 is 0 Å². The first-order chi connectivity index (χ1) is 10.1. The monoisotopic (exact) mass is 289 g/mol. The largest absolute Gasteiger partial charge is 0.394 e. The maximum Gasteiger partial charge on any atom is 0.123 e. The van der Waals surface area contributed by atoms with Gasteiger partial charge in [-0.1, -0.05) is 0 Å². The minimum absolute atomic E-state index is 0.143. The maximum atomic E-state index is 12.9. The molecular weight excluding hydrogens is 269 g/mol. The van der Waals surface area contributed by atoms with E-state index in [2.05, 4.69) is 17.3 Å². The summed E-state index contributed by atoms with van der Waals surface area (Å²) in [6.45, 7) is 2.87. The highest BCUT2D eigenvalue weighted by Crippen LogP contribution is 2.39. The lowest BCUT2D eigenvalue weighted by Crippen LogP contribution is -2.47. The van der Waals surface area contributed by atoms with Gasteiger partial charge in [-0.3, -0.25) is 0 Å². The summed E-state index contributed by atoms with van der Waals surface area (Å²) < 4.78 is 14.6. The molecule has 21 heavy (non-hydrogen) atoms. The lowest BCUT2D eigenvalue weighted by molar-refractivity contribution is 0.153. The van der Waals surface area contributed by atoms with Crippen LogP contribution in [-0.4, -0.2) is 27.0 Å². The molecule has 2 N–H and O–H groups in total. The topological polar surface area (TPSA) is 50.1 Å². The average Bonchev–Trinajstić information content (AvgIpc) is 3.25. The van der Waals surface area contributed by atoms with Gasteiger partial charge in [0.25, 0.3) is 0 Å². The lowest BCUT2D eigenvalue weighted by Gasteiger charge is -2.28. The van der Waals surface area contributed by atoms with Gasteiger partial charge < -0.3 is 10.4 Å². The SMILES string of the molecule is CC(CO)(NCc1cnn(-c2ccc(F)cc2)c1)C1CC1. The molecule has 1 aliphatic carbocycles. The number of halogens is 1. The smallest absolute Gasteiger partial charge is 0.123 e. The van der Waals surface area contributed by atoms with E-state index in [0.29, 0.717) is 12.5 Å². The Bertz CT molecular complexity index is 606. The molecule has 1 atom stereocenters. The highest BCUT2D eigenvalue weighted by molar-refractivity contribution is 5.31. The Balaban J connectivity index is 1.66. The van der Waals surface area contributed by atoms with E-state index in [4.69, 9.17) is 0 Å². The van der Waals surface area contributed by atoms with Gasteiger partial charge in [-0.05, 0) is 49.9 Å². The van der Waals surface area contributed by atoms with Crippen molar-refractivity contribution in [2.75, 3.05) is 6.61 Å². The van der Waals surface area contributed by atoms with Crippen LogP contribution in [0.3, 0.4) is 0 Å². The summed E-state index contributed by atoms with van der Waals surface area (Å²) >= 11 is 0. The molecule has 0 radical (unpaired) electrons. The fraction of sp³-hybridized carbons (Fsp3) is 0.438. The van der Waals surface area contributed by atoms with Gasteiger partial charge in [0.2, 0.25) is 0 Å². The van der Waals surface area contributed by atoms with Crippen LogP contribution < -0.4 is 5.32 Å². The third kappa shape index (κ3) is 3.14. The molecule has 1 fully saturated rings. The number of aliphatic hydroxyl groups is 1. The first kappa shape index (κ1) is 14.2. The van der Waals surface area contributed by atoms with Gasteiger partial charge in [0.1, 0.15) is 5.82 Å². The van der Waals surface area contributed by atoms with Crippen LogP contribution in [0.4, 0.5) is 4.39 Å². The van der Waals surface area contributed by atoms with Crippen molar-refractivity contribution in [3.05, 3.63) is 48.0 Å². The molecule has 0 aliphatic heterocycles. The fourth-order valence-electron chi connectivity index (χ4n) is 2.54. The molecule has 112 valence electrons. The van der Waals surface area contributed by atoms with E-state index in [1.165, 1.54) is 25.0 Å². The van der Waals surface area contributed by atoms with Crippen molar-refractivity contribution in [3.63, 3.8) is 0 Å². The van der Waals surface area contributed by atoms with Crippen LogP contribution in [0.5, 0.6) is 0 Å². The molecule has 1 heterocycles. The zero-order valence-corrected chi connectivity index (χ0v) is 12.1. The third-order valence-electron chi connectivity index (χ3n) is 4.23. The second kappa shape index (κ2) is 5.58. The second-order valence-corrected chi connectivity index (χ2v) is 5.97. The normalized spacial score (nSPS) is 17.7. The van der Waals surface area contributed by atoms with Crippen molar-refractivity contribution >= 4 is 0 Å². The number of hydrogen-bond donors (Lipinski definition) is 2. The molecule has 1 unspecified atom stereocenters. The highest BCUT2D eigenvalue weighted by atomic mass is 19.1. The lowest BCUT2D eigenvalue weighted by atomic mass is 9.97. The number of nitrogens with one attached hydrogen (secondary N) is 1. The van der Waals surface area contributed by atoms with Crippen LogP contribution in [0.25, 0.3) is 5.69 Å². The van der Waals surface area contributed by atoms with Gasteiger partial charge in [-0.15, -0.1) is 0 Å². The van der Waals surface area contributed by atoms with Crippen molar-refractivity contribution in [3.8, 4) is 5.69 Å². The molecule has 1 aromatic heterocycles. The van der Waals surface area contributed by atoms with Crippen molar-refractivity contribution < 1.29 is 9.50 Å². The first-order valence-corrected chi connectivity index (χ1v) is 7.26. The zero-order chi connectivity index (χ0) is 14.9. The zero-order valence-electron chi connectivity index (χ0n) is 12.1. The van der Waals surface area contributed by atoms with Crippen LogP contribution >= 0.6 is 0 Å².